The van der Waals surface area contributed by atoms with Gasteiger partial charge in [-0.25, -0.2) is 0 Å². The molecule has 0 aromatic rings. The summed E-state index contributed by atoms with van der Waals surface area (Å²) in [6.45, 7) is 10.0. The van der Waals surface area contributed by atoms with Crippen molar-refractivity contribution in [2.24, 2.45) is 5.73 Å². The van der Waals surface area contributed by atoms with Gasteiger partial charge >= 0.3 is 0 Å². The fourth-order valence-electron chi connectivity index (χ4n) is 1.25. The van der Waals surface area contributed by atoms with E-state index in [0.717, 1.165) is 52.2 Å². The van der Waals surface area contributed by atoms with Gasteiger partial charge in [0.05, 0.1) is 0 Å². The van der Waals surface area contributed by atoms with E-state index < -0.39 is 0 Å². The van der Waals surface area contributed by atoms with Crippen LogP contribution < -0.4 is 5.73 Å². The van der Waals surface area contributed by atoms with Crippen LogP contribution in [0.25, 0.3) is 0 Å². The highest BCUT2D eigenvalue weighted by molar-refractivity contribution is 4.55. The summed E-state index contributed by atoms with van der Waals surface area (Å²) < 4.78 is 5.40. The number of hydrogen-bond acceptors (Lipinski definition) is 3. The molecule has 80 valence electrons. The maximum atomic E-state index is 5.48. The highest BCUT2D eigenvalue weighted by Crippen LogP contribution is 1.91. The molecule has 0 rings (SSSR count). The molecule has 0 amide bonds. The molecule has 0 radical (unpaired) electrons. The van der Waals surface area contributed by atoms with Gasteiger partial charge in [-0.2, -0.15) is 0 Å². The minimum atomic E-state index is 0.754. The topological polar surface area (TPSA) is 38.5 Å². The van der Waals surface area contributed by atoms with E-state index in [1.165, 1.54) is 0 Å². The molecule has 0 bridgehead atoms. The van der Waals surface area contributed by atoms with Gasteiger partial charge in [-0.3, -0.25) is 0 Å². The van der Waals surface area contributed by atoms with Crippen molar-refractivity contribution >= 4 is 0 Å². The lowest BCUT2D eigenvalue weighted by Crippen LogP contribution is -2.30. The summed E-state index contributed by atoms with van der Waals surface area (Å²) in [5.74, 6) is 0. The van der Waals surface area contributed by atoms with Crippen LogP contribution in [0.4, 0.5) is 0 Å². The largest absolute Gasteiger partial charge is 0.381 e. The monoisotopic (exact) mass is 188 g/mol. The predicted octanol–water partition coefficient (Wildman–Crippen LogP) is 1.08. The molecule has 13 heavy (non-hydrogen) atoms. The summed E-state index contributed by atoms with van der Waals surface area (Å²) in [4.78, 5) is 2.36. The number of rotatable bonds is 9. The van der Waals surface area contributed by atoms with Crippen LogP contribution in [0.5, 0.6) is 0 Å². The Labute approximate surface area is 82.2 Å². The third kappa shape index (κ3) is 8.22. The Morgan fingerprint density at radius 2 is 1.92 bits per heavy atom. The van der Waals surface area contributed by atoms with E-state index in [2.05, 4.69) is 18.7 Å². The minimum Gasteiger partial charge on any atom is -0.381 e. The first-order valence-electron chi connectivity index (χ1n) is 5.35. The fraction of sp³-hybridized carbons (Fsp3) is 1.00. The van der Waals surface area contributed by atoms with E-state index in [9.17, 15) is 0 Å². The Balaban J connectivity index is 3.17. The van der Waals surface area contributed by atoms with Crippen molar-refractivity contribution in [2.75, 3.05) is 39.4 Å². The fourth-order valence-corrected chi connectivity index (χ4v) is 1.25. The molecule has 0 aliphatic heterocycles. The van der Waals surface area contributed by atoms with Gasteiger partial charge in [0.25, 0.3) is 0 Å². The van der Waals surface area contributed by atoms with Crippen LogP contribution in [-0.2, 0) is 4.74 Å². The molecule has 0 saturated heterocycles. The van der Waals surface area contributed by atoms with E-state index in [1.54, 1.807) is 0 Å². The van der Waals surface area contributed by atoms with Gasteiger partial charge in [0.2, 0.25) is 0 Å². The minimum absolute atomic E-state index is 0.754. The molecule has 0 spiro atoms. The number of hydrogen-bond donors (Lipinski definition) is 1. The molecular formula is C10H24N2O. The second-order valence-electron chi connectivity index (χ2n) is 3.19. The van der Waals surface area contributed by atoms with Gasteiger partial charge in [-0.1, -0.05) is 13.8 Å². The van der Waals surface area contributed by atoms with Crippen molar-refractivity contribution in [1.82, 2.24) is 4.90 Å². The first-order valence-corrected chi connectivity index (χ1v) is 5.35. The van der Waals surface area contributed by atoms with Crippen LogP contribution in [0.3, 0.4) is 0 Å². The van der Waals surface area contributed by atoms with Crippen LogP contribution in [0.15, 0.2) is 0 Å². The first-order chi connectivity index (χ1) is 6.35. The van der Waals surface area contributed by atoms with Crippen molar-refractivity contribution in [2.45, 2.75) is 26.7 Å². The molecule has 0 aliphatic carbocycles. The summed E-state index contributed by atoms with van der Waals surface area (Å²) >= 11 is 0. The Bertz CT molecular complexity index is 98.9. The molecule has 3 heteroatoms. The van der Waals surface area contributed by atoms with Gasteiger partial charge in [0.15, 0.2) is 0 Å². The van der Waals surface area contributed by atoms with Crippen LogP contribution in [0.1, 0.15) is 26.7 Å². The maximum Gasteiger partial charge on any atom is 0.0478 e. The molecule has 0 heterocycles. The quantitative estimate of drug-likeness (QED) is 0.550. The Morgan fingerprint density at radius 3 is 2.46 bits per heavy atom. The Morgan fingerprint density at radius 1 is 1.15 bits per heavy atom. The smallest absolute Gasteiger partial charge is 0.0478 e. The highest BCUT2D eigenvalue weighted by Gasteiger charge is 1.99. The van der Waals surface area contributed by atoms with Gasteiger partial charge in [0.1, 0.15) is 0 Å². The zero-order valence-corrected chi connectivity index (χ0v) is 9.09. The van der Waals surface area contributed by atoms with Crippen molar-refractivity contribution in [3.8, 4) is 0 Å². The van der Waals surface area contributed by atoms with Crippen LogP contribution in [-0.4, -0.2) is 44.3 Å². The number of likely N-dealkylation sites (N-methyl/N-ethyl adjacent to an activating group) is 1. The zero-order valence-electron chi connectivity index (χ0n) is 9.09. The van der Waals surface area contributed by atoms with E-state index in [1.807, 2.05) is 0 Å². The van der Waals surface area contributed by atoms with E-state index in [0.29, 0.717) is 0 Å². The number of nitrogens with zero attached hydrogens (tertiary/aromatic N) is 1. The number of ether oxygens (including phenoxy) is 1. The molecule has 0 aromatic heterocycles. The standard InChI is InChI=1S/C10H24N2O/c1-3-9-13-10-5-7-12(4-2)8-6-11/h3-11H2,1-2H3. The molecule has 0 aliphatic rings. The second-order valence-corrected chi connectivity index (χ2v) is 3.19. The van der Waals surface area contributed by atoms with Crippen molar-refractivity contribution < 1.29 is 4.74 Å². The average Bonchev–Trinajstić information content (AvgIpc) is 2.16. The molecule has 0 unspecified atom stereocenters. The predicted molar refractivity (Wildman–Crippen MR) is 56.9 cm³/mol. The van der Waals surface area contributed by atoms with Gasteiger partial charge < -0.3 is 15.4 Å². The van der Waals surface area contributed by atoms with Gasteiger partial charge in [0, 0.05) is 32.8 Å². The van der Waals surface area contributed by atoms with E-state index in [-0.39, 0.29) is 0 Å². The summed E-state index contributed by atoms with van der Waals surface area (Å²) in [5.41, 5.74) is 5.48. The van der Waals surface area contributed by atoms with Crippen LogP contribution in [0.2, 0.25) is 0 Å². The second kappa shape index (κ2) is 9.96. The number of nitrogens with two attached hydrogens (primary N) is 1. The Hall–Kier alpha value is -0.120. The molecule has 0 fully saturated rings. The third-order valence-electron chi connectivity index (χ3n) is 2.00. The van der Waals surface area contributed by atoms with Crippen molar-refractivity contribution in [3.05, 3.63) is 0 Å². The van der Waals surface area contributed by atoms with Gasteiger partial charge in [-0.05, 0) is 19.4 Å². The molecule has 0 atom stereocenters. The first kappa shape index (κ1) is 12.9. The lowest BCUT2D eigenvalue weighted by Gasteiger charge is -2.18. The molecule has 2 N–H and O–H groups in total. The lowest BCUT2D eigenvalue weighted by molar-refractivity contribution is 0.122. The Kier molecular flexibility index (Phi) is 9.87. The molecule has 0 saturated carbocycles. The van der Waals surface area contributed by atoms with Crippen molar-refractivity contribution in [1.29, 1.82) is 0 Å². The SMILES string of the molecule is CCCOCCCN(CC)CCN. The highest BCUT2D eigenvalue weighted by atomic mass is 16.5. The molecule has 0 aromatic carbocycles. The maximum absolute atomic E-state index is 5.48. The summed E-state index contributed by atoms with van der Waals surface area (Å²) in [5, 5.41) is 0. The third-order valence-corrected chi connectivity index (χ3v) is 2.00. The summed E-state index contributed by atoms with van der Waals surface area (Å²) in [6, 6.07) is 0. The zero-order chi connectivity index (χ0) is 9.94. The van der Waals surface area contributed by atoms with Crippen LogP contribution in [0, 0.1) is 0 Å². The molecular weight excluding hydrogens is 164 g/mol. The van der Waals surface area contributed by atoms with Crippen molar-refractivity contribution in [3.63, 3.8) is 0 Å². The summed E-state index contributed by atoms with van der Waals surface area (Å²) in [6.07, 6.45) is 2.23. The van der Waals surface area contributed by atoms with Crippen LogP contribution >= 0.6 is 0 Å². The lowest BCUT2D eigenvalue weighted by atomic mass is 10.4. The summed E-state index contributed by atoms with van der Waals surface area (Å²) in [7, 11) is 0. The van der Waals surface area contributed by atoms with E-state index >= 15 is 0 Å². The normalized spacial score (nSPS) is 11.1. The van der Waals surface area contributed by atoms with Gasteiger partial charge in [-0.15, -0.1) is 0 Å². The molecule has 3 nitrogen and oxygen atoms in total. The van der Waals surface area contributed by atoms with E-state index in [4.69, 9.17) is 10.5 Å². The average molecular weight is 188 g/mol.